The molecule has 2 rings (SSSR count). The first-order valence-electron chi connectivity index (χ1n) is 5.04. The minimum absolute atomic E-state index is 0.0405. The van der Waals surface area contributed by atoms with Crippen LogP contribution in [0.15, 0.2) is 30.3 Å². The zero-order valence-corrected chi connectivity index (χ0v) is 8.40. The van der Waals surface area contributed by atoms with Crippen LogP contribution < -0.4 is 10.6 Å². The predicted molar refractivity (Wildman–Crippen MR) is 56.4 cm³/mol. The van der Waals surface area contributed by atoms with E-state index in [1.165, 1.54) is 5.56 Å². The molecule has 2 N–H and O–H groups in total. The van der Waals surface area contributed by atoms with Crippen LogP contribution in [0.25, 0.3) is 0 Å². The van der Waals surface area contributed by atoms with Crippen LogP contribution in [0, 0.1) is 0 Å². The first kappa shape index (κ1) is 9.98. The van der Waals surface area contributed by atoms with E-state index in [9.17, 15) is 4.79 Å². The second kappa shape index (κ2) is 4.79. The molecule has 1 atom stereocenters. The van der Waals surface area contributed by atoms with Gasteiger partial charge in [-0.2, -0.15) is 0 Å². The largest absolute Gasteiger partial charge is 0.443 e. The normalized spacial score (nSPS) is 19.7. The fraction of sp³-hybridized carbons (Fsp3) is 0.364. The minimum atomic E-state index is -0.318. The van der Waals surface area contributed by atoms with Crippen LogP contribution >= 0.6 is 0 Å². The zero-order valence-electron chi connectivity index (χ0n) is 8.40. The van der Waals surface area contributed by atoms with Gasteiger partial charge < -0.3 is 15.4 Å². The Morgan fingerprint density at radius 2 is 2.20 bits per heavy atom. The molecule has 1 aliphatic heterocycles. The molecule has 0 saturated carbocycles. The number of hydrogen-bond donors (Lipinski definition) is 2. The van der Waals surface area contributed by atoms with E-state index in [4.69, 9.17) is 4.74 Å². The average Bonchev–Trinajstić information content (AvgIpc) is 2.66. The maximum atomic E-state index is 10.7. The molecule has 80 valence electrons. The second-order valence-electron chi connectivity index (χ2n) is 3.52. The van der Waals surface area contributed by atoms with Gasteiger partial charge in [0.25, 0.3) is 0 Å². The molecule has 0 aliphatic carbocycles. The smallest absolute Gasteiger partial charge is 0.407 e. The maximum Gasteiger partial charge on any atom is 0.407 e. The number of amides is 1. The van der Waals surface area contributed by atoms with E-state index in [0.717, 1.165) is 6.54 Å². The van der Waals surface area contributed by atoms with Crippen LogP contribution in [0.5, 0.6) is 0 Å². The van der Waals surface area contributed by atoms with Gasteiger partial charge in [-0.05, 0) is 5.56 Å². The summed E-state index contributed by atoms with van der Waals surface area (Å²) in [6, 6.07) is 10.1. The SMILES string of the molecule is O=C1NC[C@H](CNCc2ccccc2)O1. The molecule has 4 heteroatoms. The molecule has 4 nitrogen and oxygen atoms in total. The summed E-state index contributed by atoms with van der Waals surface area (Å²) in [7, 11) is 0. The number of rotatable bonds is 4. The molecule has 1 saturated heterocycles. The van der Waals surface area contributed by atoms with Gasteiger partial charge in [-0.15, -0.1) is 0 Å². The molecule has 15 heavy (non-hydrogen) atoms. The average molecular weight is 206 g/mol. The van der Waals surface area contributed by atoms with E-state index in [-0.39, 0.29) is 12.2 Å². The first-order chi connectivity index (χ1) is 7.34. The van der Waals surface area contributed by atoms with Crippen LogP contribution in [0.1, 0.15) is 5.56 Å². The van der Waals surface area contributed by atoms with Gasteiger partial charge >= 0.3 is 6.09 Å². The topological polar surface area (TPSA) is 50.4 Å². The van der Waals surface area contributed by atoms with Crippen molar-refractivity contribution in [3.8, 4) is 0 Å². The number of nitrogens with one attached hydrogen (secondary N) is 2. The molecule has 0 aromatic heterocycles. The third kappa shape index (κ3) is 2.95. The molecule has 0 spiro atoms. The molecule has 1 aromatic carbocycles. The minimum Gasteiger partial charge on any atom is -0.443 e. The third-order valence-corrected chi connectivity index (χ3v) is 2.29. The Morgan fingerprint density at radius 3 is 2.87 bits per heavy atom. The Bertz CT molecular complexity index is 327. The molecular weight excluding hydrogens is 192 g/mol. The Morgan fingerprint density at radius 1 is 1.40 bits per heavy atom. The van der Waals surface area contributed by atoms with Crippen LogP contribution in [-0.2, 0) is 11.3 Å². The third-order valence-electron chi connectivity index (χ3n) is 2.29. The van der Waals surface area contributed by atoms with E-state index < -0.39 is 0 Å². The van der Waals surface area contributed by atoms with Gasteiger partial charge in [0, 0.05) is 13.1 Å². The van der Waals surface area contributed by atoms with Crippen molar-refractivity contribution in [2.75, 3.05) is 13.1 Å². The van der Waals surface area contributed by atoms with Crippen LogP contribution in [-0.4, -0.2) is 25.3 Å². The van der Waals surface area contributed by atoms with E-state index in [1.807, 2.05) is 18.2 Å². The Hall–Kier alpha value is -1.55. The predicted octanol–water partition coefficient (Wildman–Crippen LogP) is 0.885. The molecule has 0 radical (unpaired) electrons. The lowest BCUT2D eigenvalue weighted by atomic mass is 10.2. The van der Waals surface area contributed by atoms with Crippen molar-refractivity contribution in [3.63, 3.8) is 0 Å². The highest BCUT2D eigenvalue weighted by Crippen LogP contribution is 2.00. The quantitative estimate of drug-likeness (QED) is 0.769. The number of carbonyl (C=O) groups excluding carboxylic acids is 1. The van der Waals surface area contributed by atoms with Crippen molar-refractivity contribution in [3.05, 3.63) is 35.9 Å². The number of carbonyl (C=O) groups is 1. The highest BCUT2D eigenvalue weighted by molar-refractivity contribution is 5.69. The van der Waals surface area contributed by atoms with Crippen molar-refractivity contribution in [1.29, 1.82) is 0 Å². The van der Waals surface area contributed by atoms with E-state index in [2.05, 4.69) is 22.8 Å². The second-order valence-corrected chi connectivity index (χ2v) is 3.52. The van der Waals surface area contributed by atoms with Gasteiger partial charge in [-0.3, -0.25) is 0 Å². The monoisotopic (exact) mass is 206 g/mol. The fourth-order valence-electron chi connectivity index (χ4n) is 1.52. The number of benzene rings is 1. The van der Waals surface area contributed by atoms with Crippen LogP contribution in [0.3, 0.4) is 0 Å². The summed E-state index contributed by atoms with van der Waals surface area (Å²) in [5, 5.41) is 5.86. The summed E-state index contributed by atoms with van der Waals surface area (Å²) in [6.07, 6.45) is -0.359. The molecule has 1 amide bonds. The first-order valence-corrected chi connectivity index (χ1v) is 5.04. The highest BCUT2D eigenvalue weighted by atomic mass is 16.6. The summed E-state index contributed by atoms with van der Waals surface area (Å²) in [6.45, 7) is 2.09. The van der Waals surface area contributed by atoms with Gasteiger partial charge in [0.2, 0.25) is 0 Å². The Balaban J connectivity index is 1.69. The van der Waals surface area contributed by atoms with Crippen molar-refractivity contribution in [2.24, 2.45) is 0 Å². The molecular formula is C11H14N2O2. The van der Waals surface area contributed by atoms with Crippen molar-refractivity contribution >= 4 is 6.09 Å². The lowest BCUT2D eigenvalue weighted by molar-refractivity contribution is 0.139. The Kier molecular flexibility index (Phi) is 3.19. The van der Waals surface area contributed by atoms with Crippen LogP contribution in [0.4, 0.5) is 4.79 Å². The number of cyclic esters (lactones) is 1. The molecule has 0 unspecified atom stereocenters. The lowest BCUT2D eigenvalue weighted by Gasteiger charge is -2.08. The summed E-state index contributed by atoms with van der Waals surface area (Å²) in [4.78, 5) is 10.7. The van der Waals surface area contributed by atoms with Gasteiger partial charge in [0.05, 0.1) is 6.54 Å². The maximum absolute atomic E-state index is 10.7. The summed E-state index contributed by atoms with van der Waals surface area (Å²) in [5.41, 5.74) is 1.23. The number of ether oxygens (including phenoxy) is 1. The van der Waals surface area contributed by atoms with E-state index in [1.54, 1.807) is 0 Å². The molecule has 1 aromatic rings. The molecule has 0 bridgehead atoms. The number of alkyl carbamates (subject to hydrolysis) is 1. The van der Waals surface area contributed by atoms with Crippen molar-refractivity contribution in [2.45, 2.75) is 12.6 Å². The van der Waals surface area contributed by atoms with Crippen LogP contribution in [0.2, 0.25) is 0 Å². The summed E-state index contributed by atoms with van der Waals surface area (Å²) < 4.78 is 4.99. The highest BCUT2D eigenvalue weighted by Gasteiger charge is 2.21. The fourth-order valence-corrected chi connectivity index (χ4v) is 1.52. The Labute approximate surface area is 88.6 Å². The van der Waals surface area contributed by atoms with Crippen molar-refractivity contribution in [1.82, 2.24) is 10.6 Å². The molecule has 1 aliphatic rings. The van der Waals surface area contributed by atoms with Gasteiger partial charge in [-0.1, -0.05) is 30.3 Å². The molecule has 1 heterocycles. The summed E-state index contributed by atoms with van der Waals surface area (Å²) in [5.74, 6) is 0. The van der Waals surface area contributed by atoms with E-state index in [0.29, 0.717) is 13.1 Å². The number of hydrogen-bond acceptors (Lipinski definition) is 3. The zero-order chi connectivity index (χ0) is 10.5. The lowest BCUT2D eigenvalue weighted by Crippen LogP contribution is -2.29. The molecule has 1 fully saturated rings. The standard InChI is InChI=1S/C11H14N2O2/c14-11-13-8-10(15-11)7-12-6-9-4-2-1-3-5-9/h1-5,10,12H,6-8H2,(H,13,14)/t10-/m0/s1. The van der Waals surface area contributed by atoms with E-state index >= 15 is 0 Å². The summed E-state index contributed by atoms with van der Waals surface area (Å²) >= 11 is 0. The van der Waals surface area contributed by atoms with Gasteiger partial charge in [-0.25, -0.2) is 4.79 Å². The van der Waals surface area contributed by atoms with Crippen molar-refractivity contribution < 1.29 is 9.53 Å². The van der Waals surface area contributed by atoms with Gasteiger partial charge in [0.15, 0.2) is 0 Å². The van der Waals surface area contributed by atoms with Gasteiger partial charge in [0.1, 0.15) is 6.10 Å².